The molecule has 1 aromatic carbocycles. The summed E-state index contributed by atoms with van der Waals surface area (Å²) >= 11 is 2.88. The van der Waals surface area contributed by atoms with E-state index in [9.17, 15) is 9.59 Å². The number of amides is 1. The third-order valence-electron chi connectivity index (χ3n) is 4.84. The number of rotatable bonds is 4. The number of aromatic nitrogens is 2. The Labute approximate surface area is 166 Å². The Hall–Kier alpha value is -2.12. The lowest BCUT2D eigenvalue weighted by Gasteiger charge is -2.20. The monoisotopic (exact) mass is 399 g/mol. The molecule has 1 aliphatic rings. The molecule has 4 rings (SSSR count). The van der Waals surface area contributed by atoms with Crippen molar-refractivity contribution < 1.29 is 4.79 Å². The van der Waals surface area contributed by atoms with Crippen LogP contribution >= 0.6 is 23.1 Å². The molecule has 7 heteroatoms. The molecule has 0 aliphatic carbocycles. The van der Waals surface area contributed by atoms with Crippen molar-refractivity contribution in [3.8, 4) is 10.4 Å². The van der Waals surface area contributed by atoms with Gasteiger partial charge >= 0.3 is 0 Å². The summed E-state index contributed by atoms with van der Waals surface area (Å²) < 4.78 is 1.56. The van der Waals surface area contributed by atoms with Crippen molar-refractivity contribution in [2.75, 3.05) is 13.1 Å². The van der Waals surface area contributed by atoms with Crippen LogP contribution in [-0.4, -0.2) is 38.7 Å². The lowest BCUT2D eigenvalue weighted by Crippen LogP contribution is -2.34. The van der Waals surface area contributed by atoms with Crippen LogP contribution in [0, 0.1) is 0 Å². The van der Waals surface area contributed by atoms with Gasteiger partial charge in [0, 0.05) is 25.0 Å². The lowest BCUT2D eigenvalue weighted by molar-refractivity contribution is -0.129. The molecular weight excluding hydrogens is 378 g/mol. The SMILES string of the molecule is C[C@H](Sc1nc2sc(-c3ccccc3)cc2c(=O)n1C)C(=O)N1CCCC1. The maximum atomic E-state index is 12.8. The van der Waals surface area contributed by atoms with Crippen LogP contribution in [0.1, 0.15) is 19.8 Å². The van der Waals surface area contributed by atoms with E-state index in [1.54, 1.807) is 11.6 Å². The van der Waals surface area contributed by atoms with Crippen LogP contribution in [0.5, 0.6) is 0 Å². The number of carbonyl (C=O) groups is 1. The zero-order valence-electron chi connectivity index (χ0n) is 15.3. The molecule has 0 bridgehead atoms. The highest BCUT2D eigenvalue weighted by Crippen LogP contribution is 2.32. The van der Waals surface area contributed by atoms with Gasteiger partial charge in [0.05, 0.1) is 10.6 Å². The molecule has 0 N–H and O–H groups in total. The van der Waals surface area contributed by atoms with Crippen molar-refractivity contribution >= 4 is 39.2 Å². The molecule has 5 nitrogen and oxygen atoms in total. The van der Waals surface area contributed by atoms with Crippen LogP contribution in [0.4, 0.5) is 0 Å². The van der Waals surface area contributed by atoms with Gasteiger partial charge in [0.1, 0.15) is 4.83 Å². The summed E-state index contributed by atoms with van der Waals surface area (Å²) in [5, 5.41) is 0.963. The van der Waals surface area contributed by atoms with Gasteiger partial charge in [-0.25, -0.2) is 4.98 Å². The van der Waals surface area contributed by atoms with E-state index in [0.717, 1.165) is 41.2 Å². The Bertz CT molecular complexity index is 1040. The number of hydrogen-bond acceptors (Lipinski definition) is 5. The van der Waals surface area contributed by atoms with E-state index in [2.05, 4.69) is 0 Å². The topological polar surface area (TPSA) is 55.2 Å². The molecule has 3 aromatic rings. The summed E-state index contributed by atoms with van der Waals surface area (Å²) in [6.07, 6.45) is 2.15. The molecule has 140 valence electrons. The molecule has 0 saturated carbocycles. The molecular formula is C20H21N3O2S2. The minimum Gasteiger partial charge on any atom is -0.342 e. The second-order valence-corrected chi connectivity index (χ2v) is 9.09. The maximum absolute atomic E-state index is 12.8. The largest absolute Gasteiger partial charge is 0.342 e. The van der Waals surface area contributed by atoms with Gasteiger partial charge in [0.25, 0.3) is 5.56 Å². The van der Waals surface area contributed by atoms with Gasteiger partial charge in [0.2, 0.25) is 5.91 Å². The highest BCUT2D eigenvalue weighted by Gasteiger charge is 2.25. The van der Waals surface area contributed by atoms with Crippen molar-refractivity contribution in [2.24, 2.45) is 7.05 Å². The zero-order chi connectivity index (χ0) is 19.0. The first-order valence-electron chi connectivity index (χ1n) is 9.06. The van der Waals surface area contributed by atoms with E-state index in [1.807, 2.05) is 48.2 Å². The van der Waals surface area contributed by atoms with Crippen molar-refractivity contribution in [2.45, 2.75) is 30.2 Å². The smallest absolute Gasteiger partial charge is 0.262 e. The third kappa shape index (κ3) is 3.53. The fraction of sp³-hybridized carbons (Fsp3) is 0.350. The van der Waals surface area contributed by atoms with Gasteiger partial charge in [-0.05, 0) is 31.4 Å². The number of hydrogen-bond donors (Lipinski definition) is 0. The van der Waals surface area contributed by atoms with Gasteiger partial charge in [0.15, 0.2) is 5.16 Å². The molecule has 0 spiro atoms. The molecule has 1 amide bonds. The van der Waals surface area contributed by atoms with Crippen LogP contribution in [0.3, 0.4) is 0 Å². The van der Waals surface area contributed by atoms with Crippen molar-refractivity contribution in [1.29, 1.82) is 0 Å². The summed E-state index contributed by atoms with van der Waals surface area (Å²) in [6.45, 7) is 3.56. The van der Waals surface area contributed by atoms with E-state index in [4.69, 9.17) is 4.98 Å². The number of carbonyl (C=O) groups excluding carboxylic acids is 1. The van der Waals surface area contributed by atoms with Gasteiger partial charge in [-0.1, -0.05) is 42.1 Å². The second-order valence-electron chi connectivity index (χ2n) is 6.75. The van der Waals surface area contributed by atoms with Gasteiger partial charge < -0.3 is 4.90 Å². The number of fused-ring (bicyclic) bond motifs is 1. The van der Waals surface area contributed by atoms with Gasteiger partial charge in [-0.15, -0.1) is 11.3 Å². The summed E-state index contributed by atoms with van der Waals surface area (Å²) in [6, 6.07) is 11.9. The number of benzene rings is 1. The van der Waals surface area contributed by atoms with Crippen LogP contribution in [0.2, 0.25) is 0 Å². The molecule has 1 aliphatic heterocycles. The molecule has 27 heavy (non-hydrogen) atoms. The van der Waals surface area contributed by atoms with E-state index >= 15 is 0 Å². The summed E-state index contributed by atoms with van der Waals surface area (Å²) in [5.74, 6) is 0.128. The highest BCUT2D eigenvalue weighted by molar-refractivity contribution is 8.00. The van der Waals surface area contributed by atoms with Crippen LogP contribution in [0.25, 0.3) is 20.7 Å². The fourth-order valence-electron chi connectivity index (χ4n) is 3.30. The second kappa shape index (κ2) is 7.48. The normalized spacial score (nSPS) is 15.4. The first kappa shape index (κ1) is 18.3. The maximum Gasteiger partial charge on any atom is 0.262 e. The zero-order valence-corrected chi connectivity index (χ0v) is 17.0. The molecule has 0 radical (unpaired) electrons. The van der Waals surface area contributed by atoms with E-state index in [1.165, 1.54) is 23.1 Å². The summed E-state index contributed by atoms with van der Waals surface area (Å²) in [7, 11) is 1.73. The predicted octanol–water partition coefficient (Wildman–Crippen LogP) is 3.77. The first-order valence-corrected chi connectivity index (χ1v) is 10.8. The van der Waals surface area contributed by atoms with Gasteiger partial charge in [-0.3, -0.25) is 14.2 Å². The average molecular weight is 400 g/mol. The Kier molecular flexibility index (Phi) is 5.06. The number of thioether (sulfide) groups is 1. The molecule has 1 atom stereocenters. The molecule has 3 heterocycles. The average Bonchev–Trinajstić information content (AvgIpc) is 3.36. The minimum atomic E-state index is -0.257. The Balaban J connectivity index is 1.66. The standard InChI is InChI=1S/C20H21N3O2S2/c1-13(18(24)23-10-6-7-11-23)26-20-21-17-15(19(25)22(20)2)12-16(27-17)14-8-4-3-5-9-14/h3-5,8-9,12-13H,6-7,10-11H2,1-2H3/t13-/m0/s1. The molecule has 1 saturated heterocycles. The van der Waals surface area contributed by atoms with E-state index in [0.29, 0.717) is 10.5 Å². The Morgan fingerprint density at radius 3 is 2.63 bits per heavy atom. The first-order chi connectivity index (χ1) is 13.0. The van der Waals surface area contributed by atoms with Gasteiger partial charge in [-0.2, -0.15) is 0 Å². The highest BCUT2D eigenvalue weighted by atomic mass is 32.2. The summed E-state index contributed by atoms with van der Waals surface area (Å²) in [4.78, 5) is 33.8. The quantitative estimate of drug-likeness (QED) is 0.495. The predicted molar refractivity (Wildman–Crippen MR) is 111 cm³/mol. The molecule has 2 aromatic heterocycles. The lowest BCUT2D eigenvalue weighted by atomic mass is 10.2. The number of thiophene rings is 1. The van der Waals surface area contributed by atoms with Crippen LogP contribution < -0.4 is 5.56 Å². The number of nitrogens with zero attached hydrogens (tertiary/aromatic N) is 3. The van der Waals surface area contributed by atoms with Crippen LogP contribution in [-0.2, 0) is 11.8 Å². The van der Waals surface area contributed by atoms with Crippen LogP contribution in [0.15, 0.2) is 46.3 Å². The molecule has 0 unspecified atom stereocenters. The Morgan fingerprint density at radius 1 is 1.22 bits per heavy atom. The van der Waals surface area contributed by atoms with E-state index < -0.39 is 0 Å². The van der Waals surface area contributed by atoms with Crippen molar-refractivity contribution in [1.82, 2.24) is 14.5 Å². The third-order valence-corrected chi connectivity index (χ3v) is 7.05. The van der Waals surface area contributed by atoms with Crippen molar-refractivity contribution in [3.05, 3.63) is 46.8 Å². The van der Waals surface area contributed by atoms with E-state index in [-0.39, 0.29) is 16.7 Å². The number of likely N-dealkylation sites (tertiary alicyclic amines) is 1. The minimum absolute atomic E-state index is 0.0678. The Morgan fingerprint density at radius 2 is 1.93 bits per heavy atom. The van der Waals surface area contributed by atoms with Crippen molar-refractivity contribution in [3.63, 3.8) is 0 Å². The fourth-order valence-corrected chi connectivity index (χ4v) is 5.34. The molecule has 1 fully saturated rings. The summed E-state index contributed by atoms with van der Waals surface area (Å²) in [5.41, 5.74) is 1.01.